The van der Waals surface area contributed by atoms with E-state index in [-0.39, 0.29) is 0 Å². The van der Waals surface area contributed by atoms with Crippen LogP contribution in [0.5, 0.6) is 0 Å². The summed E-state index contributed by atoms with van der Waals surface area (Å²) in [6.07, 6.45) is 0. The van der Waals surface area contributed by atoms with Gasteiger partial charge in [0, 0.05) is 53.1 Å². The van der Waals surface area contributed by atoms with Crippen molar-refractivity contribution in [2.75, 3.05) is 0 Å². The molecule has 0 amide bonds. The van der Waals surface area contributed by atoms with Crippen LogP contribution in [-0.4, -0.2) is 14.5 Å². The molecule has 3 aromatic heterocycles. The Morgan fingerprint density at radius 1 is 0.389 bits per heavy atom. The molecule has 11 rings (SSSR count). The summed E-state index contributed by atoms with van der Waals surface area (Å²) >= 11 is 1.82. The highest BCUT2D eigenvalue weighted by Crippen LogP contribution is 2.43. The van der Waals surface area contributed by atoms with Gasteiger partial charge in [-0.2, -0.15) is 0 Å². The van der Waals surface area contributed by atoms with Gasteiger partial charge in [0.1, 0.15) is 0 Å². The second-order valence-corrected chi connectivity index (χ2v) is 14.9. The minimum atomic E-state index is 0.736. The molecular formula is C50H31N3S. The summed E-state index contributed by atoms with van der Waals surface area (Å²) in [4.78, 5) is 10.6. The third-order valence-corrected chi connectivity index (χ3v) is 11.7. The van der Waals surface area contributed by atoms with Gasteiger partial charge in [0.2, 0.25) is 0 Å². The Kier molecular flexibility index (Phi) is 7.04. The van der Waals surface area contributed by atoms with E-state index in [1.807, 2.05) is 11.3 Å². The summed E-state index contributed by atoms with van der Waals surface area (Å²) in [5.41, 5.74) is 12.3. The molecule has 4 heteroatoms. The average molecular weight is 706 g/mol. The molecule has 0 aliphatic carbocycles. The smallest absolute Gasteiger partial charge is 0.161 e. The number of thiophene rings is 1. The molecule has 0 atom stereocenters. The molecule has 0 aliphatic heterocycles. The monoisotopic (exact) mass is 705 g/mol. The maximum atomic E-state index is 5.37. The Labute approximate surface area is 316 Å². The number of nitrogens with zero attached hydrogens (tertiary/aromatic N) is 3. The topological polar surface area (TPSA) is 30.7 Å². The van der Waals surface area contributed by atoms with Crippen molar-refractivity contribution in [1.82, 2.24) is 14.5 Å². The summed E-state index contributed by atoms with van der Waals surface area (Å²) in [5, 5.41) is 5.96. The summed E-state index contributed by atoms with van der Waals surface area (Å²) in [7, 11) is 0. The van der Waals surface area contributed by atoms with Gasteiger partial charge in [0.25, 0.3) is 0 Å². The number of para-hydroxylation sites is 3. The van der Waals surface area contributed by atoms with E-state index >= 15 is 0 Å². The fourth-order valence-corrected chi connectivity index (χ4v) is 9.21. The number of rotatable bonds is 5. The van der Waals surface area contributed by atoms with Crippen LogP contribution in [0.1, 0.15) is 0 Å². The largest absolute Gasteiger partial charge is 0.309 e. The minimum Gasteiger partial charge on any atom is -0.309 e. The van der Waals surface area contributed by atoms with Crippen molar-refractivity contribution in [3.63, 3.8) is 0 Å². The predicted octanol–water partition coefficient (Wildman–Crippen LogP) is 13.8. The van der Waals surface area contributed by atoms with Gasteiger partial charge in [-0.05, 0) is 82.9 Å². The average Bonchev–Trinajstić information content (AvgIpc) is 3.79. The quantitative estimate of drug-likeness (QED) is 0.178. The standard InChI is InChI=1S/C50H31N3S/c1-3-13-32(14-4-1)33-15-11-16-36(29-33)49-39-20-7-9-22-43(39)51-50(52-49)40-21-12-24-47-48(40)42-31-35(26-28-46(42)54-47)34-25-27-45-41(30-34)38-19-8-10-23-44(38)53(45)37-17-5-2-6-18-37/h1-31H. The first kappa shape index (κ1) is 30.7. The SMILES string of the molecule is c1ccc(-c2cccc(-c3nc(-c4cccc5sc6ccc(-c7ccc8c(c7)c7ccccc7n8-c7ccccc7)cc6c45)nc4ccccc34)c2)cc1. The Hall–Kier alpha value is -6.88. The van der Waals surface area contributed by atoms with Crippen LogP contribution < -0.4 is 0 Å². The zero-order valence-electron chi connectivity index (χ0n) is 29.1. The lowest BCUT2D eigenvalue weighted by Gasteiger charge is -2.12. The van der Waals surface area contributed by atoms with E-state index in [1.165, 1.54) is 64.2 Å². The Morgan fingerprint density at radius 3 is 1.91 bits per heavy atom. The molecule has 0 spiro atoms. The third-order valence-electron chi connectivity index (χ3n) is 10.6. The van der Waals surface area contributed by atoms with Crippen LogP contribution in [0.2, 0.25) is 0 Å². The van der Waals surface area contributed by atoms with E-state index in [2.05, 4.69) is 193 Å². The summed E-state index contributed by atoms with van der Waals surface area (Å²) in [5.74, 6) is 0.736. The van der Waals surface area contributed by atoms with E-state index in [0.29, 0.717) is 0 Å². The third kappa shape index (κ3) is 4.96. The Balaban J connectivity index is 1.08. The lowest BCUT2D eigenvalue weighted by Crippen LogP contribution is -1.96. The lowest BCUT2D eigenvalue weighted by molar-refractivity contribution is 1.18. The van der Waals surface area contributed by atoms with Crippen molar-refractivity contribution in [2.45, 2.75) is 0 Å². The normalized spacial score (nSPS) is 11.7. The van der Waals surface area contributed by atoms with Crippen LogP contribution in [0.15, 0.2) is 188 Å². The second-order valence-electron chi connectivity index (χ2n) is 13.8. The number of aromatic nitrogens is 3. The van der Waals surface area contributed by atoms with E-state index in [0.717, 1.165) is 39.2 Å². The highest BCUT2D eigenvalue weighted by molar-refractivity contribution is 7.26. The first-order valence-corrected chi connectivity index (χ1v) is 19.1. The van der Waals surface area contributed by atoms with E-state index in [9.17, 15) is 0 Å². The summed E-state index contributed by atoms with van der Waals surface area (Å²) in [6.45, 7) is 0. The van der Waals surface area contributed by atoms with Crippen LogP contribution in [0.3, 0.4) is 0 Å². The van der Waals surface area contributed by atoms with Crippen LogP contribution >= 0.6 is 11.3 Å². The summed E-state index contributed by atoms with van der Waals surface area (Å²) < 4.78 is 4.84. The van der Waals surface area contributed by atoms with Crippen molar-refractivity contribution in [1.29, 1.82) is 0 Å². The molecule has 54 heavy (non-hydrogen) atoms. The molecule has 11 aromatic rings. The van der Waals surface area contributed by atoms with Crippen molar-refractivity contribution in [2.24, 2.45) is 0 Å². The Morgan fingerprint density at radius 2 is 1.04 bits per heavy atom. The maximum absolute atomic E-state index is 5.37. The fourth-order valence-electron chi connectivity index (χ4n) is 8.09. The van der Waals surface area contributed by atoms with E-state index < -0.39 is 0 Å². The molecule has 0 N–H and O–H groups in total. The first-order chi connectivity index (χ1) is 26.8. The number of hydrogen-bond donors (Lipinski definition) is 0. The first-order valence-electron chi connectivity index (χ1n) is 18.2. The number of hydrogen-bond acceptors (Lipinski definition) is 3. The van der Waals surface area contributed by atoms with Gasteiger partial charge in [0.15, 0.2) is 5.82 Å². The fraction of sp³-hybridized carbons (Fsp3) is 0. The van der Waals surface area contributed by atoms with Crippen LogP contribution in [0, 0.1) is 0 Å². The van der Waals surface area contributed by atoms with E-state index in [1.54, 1.807) is 0 Å². The van der Waals surface area contributed by atoms with Gasteiger partial charge in [-0.25, -0.2) is 9.97 Å². The van der Waals surface area contributed by atoms with Gasteiger partial charge in [0.05, 0.1) is 22.2 Å². The molecule has 0 aliphatic rings. The molecule has 3 heterocycles. The van der Waals surface area contributed by atoms with Gasteiger partial charge < -0.3 is 4.57 Å². The van der Waals surface area contributed by atoms with Crippen LogP contribution in [0.25, 0.3) is 103 Å². The molecule has 252 valence electrons. The van der Waals surface area contributed by atoms with Crippen molar-refractivity contribution < 1.29 is 0 Å². The van der Waals surface area contributed by atoms with Gasteiger partial charge in [-0.3, -0.25) is 0 Å². The second kappa shape index (κ2) is 12.4. The van der Waals surface area contributed by atoms with Gasteiger partial charge >= 0.3 is 0 Å². The molecule has 8 aromatic carbocycles. The van der Waals surface area contributed by atoms with Crippen molar-refractivity contribution >= 4 is 64.2 Å². The minimum absolute atomic E-state index is 0.736. The Bertz CT molecular complexity index is 3210. The molecule has 0 saturated heterocycles. The molecule has 0 radical (unpaired) electrons. The molecule has 3 nitrogen and oxygen atoms in total. The highest BCUT2D eigenvalue weighted by atomic mass is 32.1. The molecule has 0 unspecified atom stereocenters. The molecule has 0 fully saturated rings. The lowest BCUT2D eigenvalue weighted by atomic mass is 9.98. The number of fused-ring (bicyclic) bond motifs is 7. The number of benzene rings is 8. The molecule has 0 bridgehead atoms. The summed E-state index contributed by atoms with van der Waals surface area (Å²) in [6, 6.07) is 67.3. The van der Waals surface area contributed by atoms with Gasteiger partial charge in [-0.15, -0.1) is 11.3 Å². The van der Waals surface area contributed by atoms with Crippen molar-refractivity contribution in [3.8, 4) is 50.6 Å². The van der Waals surface area contributed by atoms with Crippen LogP contribution in [0.4, 0.5) is 0 Å². The van der Waals surface area contributed by atoms with Crippen molar-refractivity contribution in [3.05, 3.63) is 188 Å². The maximum Gasteiger partial charge on any atom is 0.161 e. The zero-order chi connectivity index (χ0) is 35.6. The predicted molar refractivity (Wildman–Crippen MR) is 229 cm³/mol. The van der Waals surface area contributed by atoms with E-state index in [4.69, 9.17) is 9.97 Å². The van der Waals surface area contributed by atoms with Gasteiger partial charge in [-0.1, -0.05) is 127 Å². The highest BCUT2D eigenvalue weighted by Gasteiger charge is 2.18. The van der Waals surface area contributed by atoms with Crippen LogP contribution in [-0.2, 0) is 0 Å². The molecular weight excluding hydrogens is 675 g/mol. The molecule has 0 saturated carbocycles. The zero-order valence-corrected chi connectivity index (χ0v) is 30.0.